The van der Waals surface area contributed by atoms with Crippen molar-refractivity contribution in [2.75, 3.05) is 0 Å². The topological polar surface area (TPSA) is 99.6 Å². The minimum Gasteiger partial charge on any atom is -0.351 e. The van der Waals surface area contributed by atoms with Crippen LogP contribution in [-0.2, 0) is 13.1 Å². The molecule has 2 aromatic carbocycles. The molecule has 0 bridgehead atoms. The molecule has 6 nitrogen and oxygen atoms in total. The van der Waals surface area contributed by atoms with E-state index in [0.29, 0.717) is 18.8 Å². The molecule has 0 aliphatic carbocycles. The lowest BCUT2D eigenvalue weighted by molar-refractivity contribution is 0.0946. The van der Waals surface area contributed by atoms with Crippen LogP contribution in [0.3, 0.4) is 0 Å². The van der Waals surface area contributed by atoms with Gasteiger partial charge in [0.15, 0.2) is 0 Å². The number of fused-ring (bicyclic) bond motifs is 1. The summed E-state index contributed by atoms with van der Waals surface area (Å²) in [6.45, 7) is 0.950. The van der Waals surface area contributed by atoms with Crippen molar-refractivity contribution in [3.63, 3.8) is 0 Å². The van der Waals surface area contributed by atoms with Gasteiger partial charge in [0.2, 0.25) is 0 Å². The van der Waals surface area contributed by atoms with Crippen molar-refractivity contribution in [2.24, 2.45) is 5.73 Å². The van der Waals surface area contributed by atoms with Gasteiger partial charge in [0.05, 0.1) is 6.20 Å². The number of benzene rings is 2. The summed E-state index contributed by atoms with van der Waals surface area (Å²) in [5.41, 5.74) is 11.2. The molecule has 5 N–H and O–H groups in total. The Bertz CT molecular complexity index is 1050. The maximum absolute atomic E-state index is 12.5. The second-order valence-electron chi connectivity index (χ2n) is 6.18. The van der Waals surface area contributed by atoms with Crippen LogP contribution in [0.2, 0.25) is 0 Å². The molecule has 0 saturated carbocycles. The molecule has 2 aromatic heterocycles. The molecule has 0 fully saturated rings. The molecule has 1 amide bonds. The van der Waals surface area contributed by atoms with Crippen molar-refractivity contribution in [3.05, 3.63) is 77.7 Å². The lowest BCUT2D eigenvalue weighted by Crippen LogP contribution is -2.23. The van der Waals surface area contributed by atoms with Gasteiger partial charge in [-0.25, -0.2) is 0 Å². The molecule has 0 aliphatic heterocycles. The molecule has 0 saturated heterocycles. The second-order valence-corrected chi connectivity index (χ2v) is 6.18. The van der Waals surface area contributed by atoms with Gasteiger partial charge in [-0.2, -0.15) is 5.10 Å². The minimum atomic E-state index is -0.135. The van der Waals surface area contributed by atoms with Gasteiger partial charge in [0, 0.05) is 35.8 Å². The highest BCUT2D eigenvalue weighted by Gasteiger charge is 2.10. The first-order valence-corrected chi connectivity index (χ1v) is 8.41. The average Bonchev–Trinajstić information content (AvgIpc) is 3.35. The van der Waals surface area contributed by atoms with E-state index in [1.165, 1.54) is 0 Å². The summed E-state index contributed by atoms with van der Waals surface area (Å²) in [5, 5.41) is 10.7. The fourth-order valence-electron chi connectivity index (χ4n) is 2.98. The molecule has 26 heavy (non-hydrogen) atoms. The number of nitrogens with zero attached hydrogens (tertiary/aromatic N) is 1. The first kappa shape index (κ1) is 16.1. The summed E-state index contributed by atoms with van der Waals surface area (Å²) in [5.74, 6) is -0.135. The van der Waals surface area contributed by atoms with Crippen molar-refractivity contribution in [1.29, 1.82) is 0 Å². The summed E-state index contributed by atoms with van der Waals surface area (Å²) in [4.78, 5) is 15.7. The standard InChI is InChI=1S/C20H19N5O/c21-9-13-2-1-3-14(6-13)10-22-20(26)19-8-16-5-4-15(7-18(16)25-19)17-11-23-24-12-17/h1-8,11-12,25H,9-10,21H2,(H,22,26)(H,23,24). The van der Waals surface area contributed by atoms with Crippen molar-refractivity contribution in [3.8, 4) is 11.1 Å². The highest BCUT2D eigenvalue weighted by atomic mass is 16.1. The zero-order valence-corrected chi connectivity index (χ0v) is 14.1. The van der Waals surface area contributed by atoms with Crippen molar-refractivity contribution in [2.45, 2.75) is 13.1 Å². The summed E-state index contributed by atoms with van der Waals surface area (Å²) < 4.78 is 0. The number of aromatic nitrogens is 3. The van der Waals surface area contributed by atoms with Crippen LogP contribution in [0.15, 0.2) is 60.9 Å². The van der Waals surface area contributed by atoms with Crippen LogP contribution >= 0.6 is 0 Å². The van der Waals surface area contributed by atoms with E-state index in [1.54, 1.807) is 6.20 Å². The summed E-state index contributed by atoms with van der Waals surface area (Å²) in [6, 6.07) is 15.8. The van der Waals surface area contributed by atoms with Gasteiger partial charge >= 0.3 is 0 Å². The van der Waals surface area contributed by atoms with Gasteiger partial charge in [0.25, 0.3) is 5.91 Å². The number of rotatable bonds is 5. The first-order chi connectivity index (χ1) is 12.7. The van der Waals surface area contributed by atoms with E-state index in [-0.39, 0.29) is 5.91 Å². The number of nitrogens with two attached hydrogens (primary N) is 1. The Balaban J connectivity index is 1.51. The largest absolute Gasteiger partial charge is 0.351 e. The molecule has 4 aromatic rings. The summed E-state index contributed by atoms with van der Waals surface area (Å²) in [6.07, 6.45) is 3.61. The lowest BCUT2D eigenvalue weighted by Gasteiger charge is -2.05. The molecule has 0 spiro atoms. The van der Waals surface area contributed by atoms with Gasteiger partial charge < -0.3 is 16.0 Å². The van der Waals surface area contributed by atoms with Crippen LogP contribution in [0, 0.1) is 0 Å². The third-order valence-corrected chi connectivity index (χ3v) is 4.38. The maximum atomic E-state index is 12.5. The van der Waals surface area contributed by atoms with Crippen LogP contribution in [-0.4, -0.2) is 21.1 Å². The minimum absolute atomic E-state index is 0.135. The molecule has 4 rings (SSSR count). The van der Waals surface area contributed by atoms with Gasteiger partial charge in [-0.15, -0.1) is 0 Å². The first-order valence-electron chi connectivity index (χ1n) is 8.41. The third-order valence-electron chi connectivity index (χ3n) is 4.38. The number of hydrogen-bond acceptors (Lipinski definition) is 3. The summed E-state index contributed by atoms with van der Waals surface area (Å²) in [7, 11) is 0. The molecule has 0 aliphatic rings. The predicted molar refractivity (Wildman–Crippen MR) is 101 cm³/mol. The molecule has 2 heterocycles. The number of aromatic amines is 2. The molecule has 0 unspecified atom stereocenters. The Morgan fingerprint density at radius 2 is 1.96 bits per heavy atom. The normalized spacial score (nSPS) is 11.0. The van der Waals surface area contributed by atoms with E-state index in [2.05, 4.69) is 20.5 Å². The monoisotopic (exact) mass is 345 g/mol. The van der Waals surface area contributed by atoms with Crippen LogP contribution in [0.4, 0.5) is 0 Å². The van der Waals surface area contributed by atoms with Gasteiger partial charge in [-0.1, -0.05) is 36.4 Å². The van der Waals surface area contributed by atoms with Gasteiger partial charge in [-0.3, -0.25) is 9.89 Å². The fraction of sp³-hybridized carbons (Fsp3) is 0.100. The Kier molecular flexibility index (Phi) is 4.25. The van der Waals surface area contributed by atoms with Crippen LogP contribution in [0.25, 0.3) is 22.0 Å². The van der Waals surface area contributed by atoms with E-state index in [1.807, 2.05) is 54.7 Å². The van der Waals surface area contributed by atoms with E-state index >= 15 is 0 Å². The predicted octanol–water partition coefficient (Wildman–Crippen LogP) is 2.95. The summed E-state index contributed by atoms with van der Waals surface area (Å²) >= 11 is 0. The van der Waals surface area contributed by atoms with E-state index in [9.17, 15) is 4.79 Å². The zero-order chi connectivity index (χ0) is 17.9. The maximum Gasteiger partial charge on any atom is 0.267 e. The molecule has 0 atom stereocenters. The number of hydrogen-bond donors (Lipinski definition) is 4. The molecule has 6 heteroatoms. The van der Waals surface area contributed by atoms with Crippen molar-refractivity contribution >= 4 is 16.8 Å². The highest BCUT2D eigenvalue weighted by molar-refractivity contribution is 5.98. The lowest BCUT2D eigenvalue weighted by atomic mass is 10.1. The number of H-pyrrole nitrogens is 2. The zero-order valence-electron chi connectivity index (χ0n) is 14.1. The Labute approximate surface area is 150 Å². The highest BCUT2D eigenvalue weighted by Crippen LogP contribution is 2.24. The van der Waals surface area contributed by atoms with Crippen molar-refractivity contribution in [1.82, 2.24) is 20.5 Å². The van der Waals surface area contributed by atoms with Crippen LogP contribution in [0.5, 0.6) is 0 Å². The molecular formula is C20H19N5O. The van der Waals surface area contributed by atoms with Crippen LogP contribution in [0.1, 0.15) is 21.6 Å². The van der Waals surface area contributed by atoms with Gasteiger partial charge in [-0.05, 0) is 28.8 Å². The molecule has 130 valence electrons. The smallest absolute Gasteiger partial charge is 0.267 e. The third kappa shape index (κ3) is 3.22. The quantitative estimate of drug-likeness (QED) is 0.447. The fourth-order valence-corrected chi connectivity index (χ4v) is 2.98. The number of amides is 1. The second kappa shape index (κ2) is 6.85. The van der Waals surface area contributed by atoms with Gasteiger partial charge in [0.1, 0.15) is 5.69 Å². The Morgan fingerprint density at radius 3 is 2.77 bits per heavy atom. The average molecular weight is 345 g/mol. The van der Waals surface area contributed by atoms with E-state index in [4.69, 9.17) is 5.73 Å². The Hall–Kier alpha value is -3.38. The number of carbonyl (C=O) groups is 1. The van der Waals surface area contributed by atoms with Crippen molar-refractivity contribution < 1.29 is 4.79 Å². The number of carbonyl (C=O) groups excluding carboxylic acids is 1. The molecule has 0 radical (unpaired) electrons. The molecular weight excluding hydrogens is 326 g/mol. The Morgan fingerprint density at radius 1 is 1.08 bits per heavy atom. The van der Waals surface area contributed by atoms with Crippen LogP contribution < -0.4 is 11.1 Å². The number of nitrogens with one attached hydrogen (secondary N) is 3. The SMILES string of the molecule is NCc1cccc(CNC(=O)c2cc3ccc(-c4cn[nH]c4)cc3[nH]2)c1. The van der Waals surface area contributed by atoms with E-state index < -0.39 is 0 Å². The van der Waals surface area contributed by atoms with E-state index in [0.717, 1.165) is 33.2 Å².